The molecular weight excluding hydrogens is 362 g/mol. The number of benzene rings is 3. The molecule has 0 radical (unpaired) electrons. The van der Waals surface area contributed by atoms with Crippen molar-refractivity contribution in [1.29, 1.82) is 0 Å². The minimum Gasteiger partial charge on any atom is -0.276 e. The van der Waals surface area contributed by atoms with Crippen molar-refractivity contribution in [2.45, 2.75) is 0 Å². The first-order valence-electron chi connectivity index (χ1n) is 7.70. The van der Waals surface area contributed by atoms with Crippen LogP contribution in [0.1, 0.15) is 21.5 Å². The number of hydrogen-bond acceptors (Lipinski definition) is 1. The summed E-state index contributed by atoms with van der Waals surface area (Å²) in [6.07, 6.45) is 4.12. The van der Waals surface area contributed by atoms with E-state index in [-0.39, 0.29) is 5.91 Å². The maximum atomic E-state index is 13.3. The Labute approximate surface area is 149 Å². The fourth-order valence-corrected chi connectivity index (χ4v) is 3.18. The van der Waals surface area contributed by atoms with Gasteiger partial charge in [-0.2, -0.15) is 0 Å². The zero-order valence-electron chi connectivity index (χ0n) is 12.8. The number of carbonyl (C=O) groups is 1. The largest absolute Gasteiger partial charge is 0.276 e. The van der Waals surface area contributed by atoms with Gasteiger partial charge in [0.2, 0.25) is 0 Å². The van der Waals surface area contributed by atoms with Crippen molar-refractivity contribution in [1.82, 2.24) is 0 Å². The van der Waals surface area contributed by atoms with Crippen molar-refractivity contribution in [2.75, 3.05) is 4.90 Å². The molecule has 0 N–H and O–H groups in total. The fourth-order valence-electron chi connectivity index (χ4n) is 2.91. The molecular formula is C21H14BrNO. The van der Waals surface area contributed by atoms with Crippen LogP contribution >= 0.6 is 15.9 Å². The van der Waals surface area contributed by atoms with Crippen LogP contribution in [-0.2, 0) is 0 Å². The predicted octanol–water partition coefficient (Wildman–Crippen LogP) is 5.91. The van der Waals surface area contributed by atoms with Crippen molar-refractivity contribution in [3.05, 3.63) is 94.0 Å². The van der Waals surface area contributed by atoms with Gasteiger partial charge in [0.05, 0.1) is 11.4 Å². The Balaban J connectivity index is 1.91. The van der Waals surface area contributed by atoms with E-state index in [1.165, 1.54) is 0 Å². The molecule has 0 spiro atoms. The van der Waals surface area contributed by atoms with E-state index in [0.29, 0.717) is 5.56 Å². The van der Waals surface area contributed by atoms with Gasteiger partial charge in [0, 0.05) is 10.0 Å². The molecule has 0 aromatic heterocycles. The highest BCUT2D eigenvalue weighted by Crippen LogP contribution is 2.37. The Hall–Kier alpha value is -2.65. The molecule has 1 aliphatic heterocycles. The molecule has 0 bridgehead atoms. The summed E-state index contributed by atoms with van der Waals surface area (Å²) in [5, 5.41) is 0. The molecule has 0 saturated carbocycles. The van der Waals surface area contributed by atoms with E-state index in [0.717, 1.165) is 27.0 Å². The number of amides is 1. The van der Waals surface area contributed by atoms with Gasteiger partial charge >= 0.3 is 0 Å². The Bertz CT molecular complexity index is 895. The van der Waals surface area contributed by atoms with Crippen molar-refractivity contribution >= 4 is 45.4 Å². The molecule has 2 nitrogen and oxygen atoms in total. The molecule has 3 aromatic carbocycles. The molecule has 3 heteroatoms. The highest BCUT2D eigenvalue weighted by Gasteiger charge is 2.24. The first kappa shape index (κ1) is 14.9. The third kappa shape index (κ3) is 2.57. The molecule has 1 amide bonds. The molecule has 4 rings (SSSR count). The molecule has 0 atom stereocenters. The molecule has 0 unspecified atom stereocenters. The lowest BCUT2D eigenvalue weighted by Gasteiger charge is -2.25. The van der Waals surface area contributed by atoms with Gasteiger partial charge in [0.15, 0.2) is 0 Å². The number of nitrogens with zero attached hydrogens (tertiary/aromatic N) is 1. The third-order valence-corrected chi connectivity index (χ3v) is 4.62. The standard InChI is InChI=1S/C21H14BrNO/c22-18-13-11-17(12-14-18)21(24)23-19-7-3-1-5-15(19)9-10-16-6-2-4-8-20(16)23/h1-14H. The van der Waals surface area contributed by atoms with Gasteiger partial charge in [0.1, 0.15) is 0 Å². The van der Waals surface area contributed by atoms with Gasteiger partial charge in [-0.05, 0) is 47.5 Å². The minimum atomic E-state index is -0.0360. The highest BCUT2D eigenvalue weighted by molar-refractivity contribution is 9.10. The lowest BCUT2D eigenvalue weighted by atomic mass is 10.1. The molecule has 3 aromatic rings. The first-order valence-corrected chi connectivity index (χ1v) is 8.49. The van der Waals surface area contributed by atoms with Crippen molar-refractivity contribution < 1.29 is 4.79 Å². The van der Waals surface area contributed by atoms with Crippen molar-refractivity contribution in [3.8, 4) is 0 Å². The normalized spacial score (nSPS) is 12.3. The fraction of sp³-hybridized carbons (Fsp3) is 0. The van der Waals surface area contributed by atoms with E-state index < -0.39 is 0 Å². The van der Waals surface area contributed by atoms with Crippen LogP contribution in [0.15, 0.2) is 77.3 Å². The van der Waals surface area contributed by atoms with E-state index in [2.05, 4.69) is 28.1 Å². The smallest absolute Gasteiger partial charge is 0.262 e. The van der Waals surface area contributed by atoms with Crippen LogP contribution in [0.2, 0.25) is 0 Å². The van der Waals surface area contributed by atoms with E-state index in [1.807, 2.05) is 72.8 Å². The molecule has 116 valence electrons. The van der Waals surface area contributed by atoms with E-state index in [9.17, 15) is 4.79 Å². The SMILES string of the molecule is O=C(c1ccc(Br)cc1)N1c2ccccc2C=Cc2ccccc21. The van der Waals surface area contributed by atoms with Crippen LogP contribution in [0.25, 0.3) is 12.2 Å². The van der Waals surface area contributed by atoms with E-state index >= 15 is 0 Å². The minimum absolute atomic E-state index is 0.0360. The molecule has 1 heterocycles. The summed E-state index contributed by atoms with van der Waals surface area (Å²) >= 11 is 3.42. The molecule has 1 aliphatic rings. The summed E-state index contributed by atoms with van der Waals surface area (Å²) in [4.78, 5) is 15.1. The zero-order chi connectivity index (χ0) is 16.5. The Morgan fingerprint density at radius 3 is 1.75 bits per heavy atom. The summed E-state index contributed by atoms with van der Waals surface area (Å²) in [5.41, 5.74) is 4.50. The van der Waals surface area contributed by atoms with Crippen molar-refractivity contribution in [3.63, 3.8) is 0 Å². The highest BCUT2D eigenvalue weighted by atomic mass is 79.9. The first-order chi connectivity index (χ1) is 11.7. The summed E-state index contributed by atoms with van der Waals surface area (Å²) in [6.45, 7) is 0. The Morgan fingerprint density at radius 2 is 1.21 bits per heavy atom. The number of carbonyl (C=O) groups excluding carboxylic acids is 1. The number of halogens is 1. The molecule has 24 heavy (non-hydrogen) atoms. The van der Waals surface area contributed by atoms with Gasteiger partial charge in [-0.3, -0.25) is 9.69 Å². The summed E-state index contributed by atoms with van der Waals surface area (Å²) < 4.78 is 0.956. The second kappa shape index (κ2) is 6.10. The molecule has 0 fully saturated rings. The summed E-state index contributed by atoms with van der Waals surface area (Å²) in [6, 6.07) is 23.4. The van der Waals surface area contributed by atoms with Gasteiger partial charge in [0.25, 0.3) is 5.91 Å². The van der Waals surface area contributed by atoms with Crippen LogP contribution in [-0.4, -0.2) is 5.91 Å². The van der Waals surface area contributed by atoms with Crippen LogP contribution < -0.4 is 4.90 Å². The van der Waals surface area contributed by atoms with E-state index in [4.69, 9.17) is 0 Å². The lowest BCUT2D eigenvalue weighted by Crippen LogP contribution is -2.26. The average molecular weight is 376 g/mol. The molecule has 0 saturated heterocycles. The average Bonchev–Trinajstić information content (AvgIpc) is 2.79. The van der Waals surface area contributed by atoms with Gasteiger partial charge in [-0.15, -0.1) is 0 Å². The number of fused-ring (bicyclic) bond motifs is 2. The second-order valence-electron chi connectivity index (χ2n) is 5.60. The number of rotatable bonds is 1. The topological polar surface area (TPSA) is 20.3 Å². The van der Waals surface area contributed by atoms with Crippen LogP contribution in [0.3, 0.4) is 0 Å². The maximum Gasteiger partial charge on any atom is 0.262 e. The van der Waals surface area contributed by atoms with Crippen LogP contribution in [0.5, 0.6) is 0 Å². The van der Waals surface area contributed by atoms with Gasteiger partial charge in [-0.1, -0.05) is 64.5 Å². The maximum absolute atomic E-state index is 13.3. The monoisotopic (exact) mass is 375 g/mol. The van der Waals surface area contributed by atoms with Gasteiger partial charge < -0.3 is 0 Å². The Kier molecular flexibility index (Phi) is 3.79. The van der Waals surface area contributed by atoms with E-state index in [1.54, 1.807) is 4.90 Å². The third-order valence-electron chi connectivity index (χ3n) is 4.09. The summed E-state index contributed by atoms with van der Waals surface area (Å²) in [7, 11) is 0. The van der Waals surface area contributed by atoms with Gasteiger partial charge in [-0.25, -0.2) is 0 Å². The molecule has 0 aliphatic carbocycles. The summed E-state index contributed by atoms with van der Waals surface area (Å²) in [5.74, 6) is -0.0360. The van der Waals surface area contributed by atoms with Crippen LogP contribution in [0, 0.1) is 0 Å². The van der Waals surface area contributed by atoms with Crippen molar-refractivity contribution in [2.24, 2.45) is 0 Å². The number of hydrogen-bond donors (Lipinski definition) is 0. The van der Waals surface area contributed by atoms with Crippen LogP contribution in [0.4, 0.5) is 11.4 Å². The zero-order valence-corrected chi connectivity index (χ0v) is 14.4. The second-order valence-corrected chi connectivity index (χ2v) is 6.51. The number of anilines is 2. The quantitative estimate of drug-likeness (QED) is 0.517. The number of para-hydroxylation sites is 2. The Morgan fingerprint density at radius 1 is 0.708 bits per heavy atom. The lowest BCUT2D eigenvalue weighted by molar-refractivity contribution is 0.0999. The predicted molar refractivity (Wildman–Crippen MR) is 102 cm³/mol.